The molecule has 8 nitrogen and oxygen atoms in total. The summed E-state index contributed by atoms with van der Waals surface area (Å²) in [5.74, 6) is 0. The summed E-state index contributed by atoms with van der Waals surface area (Å²) in [6.07, 6.45) is -6.36. The van der Waals surface area contributed by atoms with Crippen molar-refractivity contribution in [3.05, 3.63) is 0 Å². The fraction of sp³-hybridized carbons (Fsp3) is 0.875. The minimum absolute atomic E-state index is 0.296. The van der Waals surface area contributed by atoms with Crippen LogP contribution in [-0.2, 0) is 0 Å². The van der Waals surface area contributed by atoms with Gasteiger partial charge in [0.25, 0.3) is 0 Å². The summed E-state index contributed by atoms with van der Waals surface area (Å²) in [7, 11) is 1.38. The molecule has 0 aliphatic carbocycles. The standard InChI is InChI=1S/C8H18N2O6/c1-9-8(16)10-2-4(12)6(14)7(15)5(13)3-11/h4-7,11-15H,2-3H2,1H3,(H2,9,10,16)/t4-,5+,6+,7+/m0/s1. The summed E-state index contributed by atoms with van der Waals surface area (Å²) in [4.78, 5) is 10.7. The predicted molar refractivity (Wildman–Crippen MR) is 53.6 cm³/mol. The Morgan fingerprint density at radius 3 is 2.06 bits per heavy atom. The zero-order chi connectivity index (χ0) is 12.7. The lowest BCUT2D eigenvalue weighted by Gasteiger charge is -2.25. The molecule has 0 aromatic rings. The van der Waals surface area contributed by atoms with Crippen LogP contribution in [0.1, 0.15) is 0 Å². The van der Waals surface area contributed by atoms with E-state index in [-0.39, 0.29) is 6.54 Å². The van der Waals surface area contributed by atoms with Crippen LogP contribution in [0.15, 0.2) is 0 Å². The van der Waals surface area contributed by atoms with Crippen molar-refractivity contribution in [2.75, 3.05) is 20.2 Å². The van der Waals surface area contributed by atoms with Crippen molar-refractivity contribution in [3.63, 3.8) is 0 Å². The van der Waals surface area contributed by atoms with Gasteiger partial charge in [-0.2, -0.15) is 0 Å². The number of hydrogen-bond acceptors (Lipinski definition) is 6. The third-order valence-corrected chi connectivity index (χ3v) is 2.02. The lowest BCUT2D eigenvalue weighted by atomic mass is 10.0. The van der Waals surface area contributed by atoms with E-state index >= 15 is 0 Å². The van der Waals surface area contributed by atoms with Crippen LogP contribution >= 0.6 is 0 Å². The molecule has 0 saturated carbocycles. The lowest BCUT2D eigenvalue weighted by molar-refractivity contribution is -0.113. The normalized spacial score (nSPS) is 18.4. The number of hydrogen-bond donors (Lipinski definition) is 7. The summed E-state index contributed by atoms with van der Waals surface area (Å²) in [5.41, 5.74) is 0. The van der Waals surface area contributed by atoms with Gasteiger partial charge in [0.05, 0.1) is 12.7 Å². The molecule has 8 heteroatoms. The van der Waals surface area contributed by atoms with Crippen molar-refractivity contribution in [2.24, 2.45) is 0 Å². The van der Waals surface area contributed by atoms with Gasteiger partial charge in [-0.15, -0.1) is 0 Å². The van der Waals surface area contributed by atoms with Crippen LogP contribution in [0.25, 0.3) is 0 Å². The Kier molecular flexibility index (Phi) is 6.93. The van der Waals surface area contributed by atoms with Crippen LogP contribution < -0.4 is 10.6 Å². The van der Waals surface area contributed by atoms with E-state index in [9.17, 15) is 20.1 Å². The van der Waals surface area contributed by atoms with Crippen LogP contribution in [0.5, 0.6) is 0 Å². The van der Waals surface area contributed by atoms with Gasteiger partial charge in [-0.25, -0.2) is 4.79 Å². The summed E-state index contributed by atoms with van der Waals surface area (Å²) in [6.45, 7) is -1.04. The maximum atomic E-state index is 10.7. The number of nitrogens with one attached hydrogen (secondary N) is 2. The van der Waals surface area contributed by atoms with Crippen molar-refractivity contribution in [1.29, 1.82) is 0 Å². The number of carbonyl (C=O) groups is 1. The van der Waals surface area contributed by atoms with Gasteiger partial charge in [-0.1, -0.05) is 0 Å². The Bertz CT molecular complexity index is 215. The smallest absolute Gasteiger partial charge is 0.314 e. The maximum Gasteiger partial charge on any atom is 0.314 e. The molecule has 2 amide bonds. The summed E-state index contributed by atoms with van der Waals surface area (Å²) >= 11 is 0. The number of amides is 2. The first-order valence-electron chi connectivity index (χ1n) is 4.72. The average molecular weight is 238 g/mol. The molecular formula is C8H18N2O6. The Labute approximate surface area is 92.5 Å². The molecule has 0 fully saturated rings. The van der Waals surface area contributed by atoms with Gasteiger partial charge in [0.1, 0.15) is 18.3 Å². The molecule has 0 spiro atoms. The third-order valence-electron chi connectivity index (χ3n) is 2.02. The predicted octanol–water partition coefficient (Wildman–Crippen LogP) is -3.65. The number of urea groups is 1. The van der Waals surface area contributed by atoms with Gasteiger partial charge in [0, 0.05) is 13.6 Å². The highest BCUT2D eigenvalue weighted by molar-refractivity contribution is 5.73. The van der Waals surface area contributed by atoms with Gasteiger partial charge in [0.15, 0.2) is 0 Å². The van der Waals surface area contributed by atoms with E-state index in [0.717, 1.165) is 0 Å². The summed E-state index contributed by atoms with van der Waals surface area (Å²) in [5, 5.41) is 49.8. The third kappa shape index (κ3) is 4.73. The first-order chi connectivity index (χ1) is 7.43. The van der Waals surface area contributed by atoms with E-state index in [1.807, 2.05) is 0 Å². The number of aliphatic hydroxyl groups excluding tert-OH is 5. The molecule has 7 N–H and O–H groups in total. The molecule has 0 heterocycles. The first-order valence-corrected chi connectivity index (χ1v) is 4.72. The molecule has 16 heavy (non-hydrogen) atoms. The lowest BCUT2D eigenvalue weighted by Crippen LogP contribution is -2.50. The molecule has 0 saturated heterocycles. The average Bonchev–Trinajstić information content (AvgIpc) is 2.32. The van der Waals surface area contributed by atoms with E-state index < -0.39 is 37.1 Å². The SMILES string of the molecule is CNC(=O)NC[C@H](O)[C@@H](O)[C@H](O)[C@H](O)CO. The molecule has 0 rings (SSSR count). The molecule has 4 atom stereocenters. The highest BCUT2D eigenvalue weighted by Crippen LogP contribution is 2.04. The van der Waals surface area contributed by atoms with Crippen molar-refractivity contribution < 1.29 is 30.3 Å². The van der Waals surface area contributed by atoms with Crippen LogP contribution in [-0.4, -0.2) is 76.2 Å². The van der Waals surface area contributed by atoms with Gasteiger partial charge in [0.2, 0.25) is 0 Å². The minimum Gasteiger partial charge on any atom is -0.394 e. The fourth-order valence-electron chi connectivity index (χ4n) is 0.970. The number of rotatable bonds is 6. The van der Waals surface area contributed by atoms with E-state index in [2.05, 4.69) is 10.6 Å². The summed E-state index contributed by atoms with van der Waals surface area (Å²) < 4.78 is 0. The second kappa shape index (κ2) is 7.36. The summed E-state index contributed by atoms with van der Waals surface area (Å²) in [6, 6.07) is -0.552. The zero-order valence-electron chi connectivity index (χ0n) is 8.87. The van der Waals surface area contributed by atoms with Crippen LogP contribution in [0.2, 0.25) is 0 Å². The highest BCUT2D eigenvalue weighted by Gasteiger charge is 2.29. The molecule has 0 aliphatic rings. The minimum atomic E-state index is -1.69. The molecule has 0 bridgehead atoms. The molecule has 0 unspecified atom stereocenters. The Hall–Kier alpha value is -0.930. The molecule has 96 valence electrons. The largest absolute Gasteiger partial charge is 0.394 e. The zero-order valence-corrected chi connectivity index (χ0v) is 8.87. The monoisotopic (exact) mass is 238 g/mol. The topological polar surface area (TPSA) is 142 Å². The Balaban J connectivity index is 4.06. The van der Waals surface area contributed by atoms with Crippen molar-refractivity contribution in [3.8, 4) is 0 Å². The van der Waals surface area contributed by atoms with Gasteiger partial charge < -0.3 is 36.2 Å². The highest BCUT2D eigenvalue weighted by atomic mass is 16.4. The van der Waals surface area contributed by atoms with E-state index in [4.69, 9.17) is 10.2 Å². The van der Waals surface area contributed by atoms with Crippen LogP contribution in [0.3, 0.4) is 0 Å². The maximum absolute atomic E-state index is 10.7. The van der Waals surface area contributed by atoms with Gasteiger partial charge >= 0.3 is 6.03 Å². The van der Waals surface area contributed by atoms with Crippen molar-refractivity contribution in [1.82, 2.24) is 10.6 Å². The van der Waals surface area contributed by atoms with E-state index in [1.54, 1.807) is 0 Å². The van der Waals surface area contributed by atoms with Gasteiger partial charge in [-0.05, 0) is 0 Å². The van der Waals surface area contributed by atoms with Crippen molar-refractivity contribution in [2.45, 2.75) is 24.4 Å². The fourth-order valence-corrected chi connectivity index (χ4v) is 0.970. The van der Waals surface area contributed by atoms with E-state index in [1.165, 1.54) is 7.05 Å². The molecule has 0 aliphatic heterocycles. The molecular weight excluding hydrogens is 220 g/mol. The number of aliphatic hydroxyl groups is 5. The van der Waals surface area contributed by atoms with Crippen LogP contribution in [0.4, 0.5) is 4.79 Å². The van der Waals surface area contributed by atoms with Gasteiger partial charge in [-0.3, -0.25) is 0 Å². The second-order valence-corrected chi connectivity index (χ2v) is 3.26. The molecule has 0 aromatic heterocycles. The van der Waals surface area contributed by atoms with E-state index in [0.29, 0.717) is 0 Å². The number of carbonyl (C=O) groups excluding carboxylic acids is 1. The Morgan fingerprint density at radius 2 is 1.62 bits per heavy atom. The quantitative estimate of drug-likeness (QED) is 0.254. The first kappa shape index (κ1) is 15.1. The molecule has 0 radical (unpaired) electrons. The Morgan fingerprint density at radius 1 is 1.12 bits per heavy atom. The van der Waals surface area contributed by atoms with Crippen molar-refractivity contribution >= 4 is 6.03 Å². The molecule has 0 aromatic carbocycles. The second-order valence-electron chi connectivity index (χ2n) is 3.26. The van der Waals surface area contributed by atoms with Crippen LogP contribution in [0, 0.1) is 0 Å².